The Labute approximate surface area is 207 Å². The van der Waals surface area contributed by atoms with Gasteiger partial charge < -0.3 is 25.0 Å². The van der Waals surface area contributed by atoms with Crippen LogP contribution in [-0.2, 0) is 17.8 Å². The monoisotopic (exact) mass is 552 g/mol. The van der Waals surface area contributed by atoms with E-state index in [4.69, 9.17) is 9.47 Å². The largest absolute Gasteiger partial charge is 0.493 e. The molecule has 2 N–H and O–H groups in total. The second-order valence-electron chi connectivity index (χ2n) is 7.34. The molecular weight excluding hydrogens is 519 g/mol. The number of rotatable bonds is 9. The van der Waals surface area contributed by atoms with E-state index in [1.165, 1.54) is 5.56 Å². The quantitative estimate of drug-likeness (QED) is 0.215. The number of anilines is 1. The topological polar surface area (TPSA) is 75.2 Å². The number of hydrogen-bond donors (Lipinski definition) is 2. The number of carbonyl (C=O) groups is 1. The fourth-order valence-corrected chi connectivity index (χ4v) is 3.67. The second kappa shape index (κ2) is 13.1. The first-order chi connectivity index (χ1) is 15.2. The number of benzene rings is 2. The third-order valence-corrected chi connectivity index (χ3v) is 5.26. The SMILES string of the molecule is CCNC(=NCc1ccc(OC)c(OC)c1)NCCCC(=O)N1CCc2ccccc21.I. The summed E-state index contributed by atoms with van der Waals surface area (Å²) >= 11 is 0. The van der Waals surface area contributed by atoms with Crippen LogP contribution in [0, 0.1) is 0 Å². The normalized spacial score (nSPS) is 12.6. The van der Waals surface area contributed by atoms with Crippen LogP contribution in [-0.4, -0.2) is 45.7 Å². The summed E-state index contributed by atoms with van der Waals surface area (Å²) in [5.41, 5.74) is 3.34. The zero-order valence-electron chi connectivity index (χ0n) is 19.0. The van der Waals surface area contributed by atoms with Crippen LogP contribution < -0.4 is 25.0 Å². The minimum atomic E-state index is 0. The van der Waals surface area contributed by atoms with Gasteiger partial charge in [0.25, 0.3) is 0 Å². The van der Waals surface area contributed by atoms with Crippen LogP contribution in [0.15, 0.2) is 47.5 Å². The van der Waals surface area contributed by atoms with Gasteiger partial charge in [0.15, 0.2) is 17.5 Å². The predicted octanol–water partition coefficient (Wildman–Crippen LogP) is 3.75. The van der Waals surface area contributed by atoms with Gasteiger partial charge in [-0.3, -0.25) is 4.79 Å². The van der Waals surface area contributed by atoms with E-state index in [0.29, 0.717) is 31.0 Å². The van der Waals surface area contributed by atoms with E-state index in [0.717, 1.165) is 43.1 Å². The van der Waals surface area contributed by atoms with Crippen molar-refractivity contribution in [2.24, 2.45) is 4.99 Å². The molecular formula is C24H33IN4O3. The fraction of sp³-hybridized carbons (Fsp3) is 0.417. The van der Waals surface area contributed by atoms with Crippen molar-refractivity contribution in [1.29, 1.82) is 0 Å². The number of amides is 1. The average Bonchev–Trinajstić information content (AvgIpc) is 3.24. The standard InChI is InChI=1S/C24H32N4O3.HI/c1-4-25-24(27-17-18-11-12-21(30-2)22(16-18)31-3)26-14-7-10-23(29)28-15-13-19-8-5-6-9-20(19)28;/h5-6,8-9,11-12,16H,4,7,10,13-15,17H2,1-3H3,(H2,25,26,27);1H. The van der Waals surface area contributed by atoms with Gasteiger partial charge >= 0.3 is 0 Å². The average molecular weight is 552 g/mol. The number of carbonyl (C=O) groups excluding carboxylic acids is 1. The molecule has 0 spiro atoms. The molecule has 0 radical (unpaired) electrons. The summed E-state index contributed by atoms with van der Waals surface area (Å²) in [6.45, 7) is 4.77. The number of ether oxygens (including phenoxy) is 2. The molecule has 0 unspecified atom stereocenters. The Hall–Kier alpha value is -2.49. The third-order valence-electron chi connectivity index (χ3n) is 5.26. The third kappa shape index (κ3) is 6.75. The first-order valence-electron chi connectivity index (χ1n) is 10.8. The number of para-hydroxylation sites is 1. The molecule has 174 valence electrons. The first-order valence-corrected chi connectivity index (χ1v) is 10.8. The van der Waals surface area contributed by atoms with Crippen molar-refractivity contribution in [1.82, 2.24) is 10.6 Å². The molecule has 1 heterocycles. The van der Waals surface area contributed by atoms with Gasteiger partial charge in [-0.25, -0.2) is 4.99 Å². The lowest BCUT2D eigenvalue weighted by Gasteiger charge is -2.17. The zero-order chi connectivity index (χ0) is 22.1. The van der Waals surface area contributed by atoms with Crippen LogP contribution >= 0.6 is 24.0 Å². The molecule has 1 amide bonds. The highest BCUT2D eigenvalue weighted by atomic mass is 127. The molecule has 0 aliphatic carbocycles. The van der Waals surface area contributed by atoms with Gasteiger partial charge in [-0.1, -0.05) is 24.3 Å². The lowest BCUT2D eigenvalue weighted by atomic mass is 10.2. The molecule has 1 aliphatic rings. The molecule has 3 rings (SSSR count). The number of methoxy groups -OCH3 is 2. The highest BCUT2D eigenvalue weighted by molar-refractivity contribution is 14.0. The number of aliphatic imine (C=N–C) groups is 1. The van der Waals surface area contributed by atoms with Crippen LogP contribution in [0.3, 0.4) is 0 Å². The van der Waals surface area contributed by atoms with E-state index >= 15 is 0 Å². The van der Waals surface area contributed by atoms with E-state index in [1.54, 1.807) is 14.2 Å². The fourth-order valence-electron chi connectivity index (χ4n) is 3.67. The Morgan fingerprint density at radius 2 is 1.88 bits per heavy atom. The van der Waals surface area contributed by atoms with Crippen LogP contribution in [0.4, 0.5) is 5.69 Å². The molecule has 0 saturated carbocycles. The summed E-state index contributed by atoms with van der Waals surface area (Å²) in [6.07, 6.45) is 2.20. The van der Waals surface area contributed by atoms with E-state index in [9.17, 15) is 4.79 Å². The number of nitrogens with one attached hydrogen (secondary N) is 2. The smallest absolute Gasteiger partial charge is 0.227 e. The summed E-state index contributed by atoms with van der Waals surface area (Å²) < 4.78 is 10.6. The molecule has 0 bridgehead atoms. The maximum Gasteiger partial charge on any atom is 0.227 e. The lowest BCUT2D eigenvalue weighted by Crippen LogP contribution is -2.38. The maximum absolute atomic E-state index is 12.6. The summed E-state index contributed by atoms with van der Waals surface area (Å²) in [7, 11) is 3.24. The van der Waals surface area contributed by atoms with Gasteiger partial charge in [-0.05, 0) is 49.1 Å². The lowest BCUT2D eigenvalue weighted by molar-refractivity contribution is -0.118. The van der Waals surface area contributed by atoms with Gasteiger partial charge in [-0.15, -0.1) is 24.0 Å². The van der Waals surface area contributed by atoms with E-state index < -0.39 is 0 Å². The molecule has 2 aromatic carbocycles. The Bertz CT molecular complexity index is 920. The van der Waals surface area contributed by atoms with Crippen molar-refractivity contribution >= 4 is 41.5 Å². The number of nitrogens with zero attached hydrogens (tertiary/aromatic N) is 2. The van der Waals surface area contributed by atoms with Crippen molar-refractivity contribution in [2.75, 3.05) is 38.8 Å². The van der Waals surface area contributed by atoms with Crippen molar-refractivity contribution in [3.05, 3.63) is 53.6 Å². The predicted molar refractivity (Wildman–Crippen MR) is 140 cm³/mol. The van der Waals surface area contributed by atoms with Gasteiger partial charge in [0.2, 0.25) is 5.91 Å². The van der Waals surface area contributed by atoms with Gasteiger partial charge in [0, 0.05) is 31.7 Å². The number of guanidine groups is 1. The number of hydrogen-bond acceptors (Lipinski definition) is 4. The molecule has 32 heavy (non-hydrogen) atoms. The summed E-state index contributed by atoms with van der Waals surface area (Å²) in [6, 6.07) is 13.9. The van der Waals surface area contributed by atoms with Crippen molar-refractivity contribution in [3.63, 3.8) is 0 Å². The van der Waals surface area contributed by atoms with Crippen molar-refractivity contribution < 1.29 is 14.3 Å². The Balaban J connectivity index is 0.00000363. The zero-order valence-corrected chi connectivity index (χ0v) is 21.3. The van der Waals surface area contributed by atoms with Gasteiger partial charge in [0.1, 0.15) is 0 Å². The highest BCUT2D eigenvalue weighted by Gasteiger charge is 2.23. The van der Waals surface area contributed by atoms with Crippen LogP contribution in [0.1, 0.15) is 30.9 Å². The summed E-state index contributed by atoms with van der Waals surface area (Å²) in [5, 5.41) is 6.57. The van der Waals surface area contributed by atoms with E-state index in [2.05, 4.69) is 21.7 Å². The number of fused-ring (bicyclic) bond motifs is 1. The molecule has 0 saturated heterocycles. The van der Waals surface area contributed by atoms with E-state index in [-0.39, 0.29) is 29.9 Å². The molecule has 7 nitrogen and oxygen atoms in total. The van der Waals surface area contributed by atoms with Crippen LogP contribution in [0.2, 0.25) is 0 Å². The Kier molecular flexibility index (Phi) is 10.6. The van der Waals surface area contributed by atoms with Crippen molar-refractivity contribution in [3.8, 4) is 11.5 Å². The summed E-state index contributed by atoms with van der Waals surface area (Å²) in [5.74, 6) is 2.30. The first kappa shape index (κ1) is 25.8. The highest BCUT2D eigenvalue weighted by Crippen LogP contribution is 2.28. The van der Waals surface area contributed by atoms with Gasteiger partial charge in [0.05, 0.1) is 20.8 Å². The Morgan fingerprint density at radius 3 is 2.62 bits per heavy atom. The summed E-state index contributed by atoms with van der Waals surface area (Å²) in [4.78, 5) is 19.2. The molecule has 1 aliphatic heterocycles. The second-order valence-corrected chi connectivity index (χ2v) is 7.34. The molecule has 8 heteroatoms. The van der Waals surface area contributed by atoms with Crippen LogP contribution in [0.5, 0.6) is 11.5 Å². The minimum absolute atomic E-state index is 0. The van der Waals surface area contributed by atoms with Gasteiger partial charge in [-0.2, -0.15) is 0 Å². The maximum atomic E-state index is 12.6. The van der Waals surface area contributed by atoms with E-state index in [1.807, 2.05) is 48.2 Å². The number of halogens is 1. The van der Waals surface area contributed by atoms with Crippen LogP contribution in [0.25, 0.3) is 0 Å². The molecule has 0 atom stereocenters. The molecule has 0 aromatic heterocycles. The van der Waals surface area contributed by atoms with Crippen molar-refractivity contribution in [2.45, 2.75) is 32.7 Å². The molecule has 2 aromatic rings. The minimum Gasteiger partial charge on any atom is -0.493 e. The Morgan fingerprint density at radius 1 is 1.09 bits per heavy atom. The molecule has 0 fully saturated rings.